The monoisotopic (exact) mass is 253 g/mol. The molecule has 0 amide bonds. The molecule has 0 aromatic carbocycles. The van der Waals surface area contributed by atoms with Gasteiger partial charge in [0, 0.05) is 23.5 Å². The van der Waals surface area contributed by atoms with E-state index in [9.17, 15) is 0 Å². The van der Waals surface area contributed by atoms with Gasteiger partial charge in [0.05, 0.1) is 11.2 Å². The minimum atomic E-state index is 0.290. The zero-order chi connectivity index (χ0) is 12.3. The molecule has 1 fully saturated rings. The van der Waals surface area contributed by atoms with Crippen LogP contribution >= 0.6 is 11.3 Å². The van der Waals surface area contributed by atoms with Gasteiger partial charge < -0.3 is 5.73 Å². The molecule has 1 saturated heterocycles. The number of aryl methyl sites for hydroxylation is 1. The number of piperidine rings is 1. The first kappa shape index (κ1) is 13.0. The normalized spacial score (nSPS) is 23.8. The van der Waals surface area contributed by atoms with E-state index in [1.54, 1.807) is 11.3 Å². The highest BCUT2D eigenvalue weighted by Crippen LogP contribution is 2.20. The fourth-order valence-corrected chi connectivity index (χ4v) is 3.47. The number of likely N-dealkylation sites (tertiary alicyclic amines) is 1. The fraction of sp³-hybridized carbons (Fsp3) is 0.769. The van der Waals surface area contributed by atoms with E-state index in [1.165, 1.54) is 36.4 Å². The minimum absolute atomic E-state index is 0.290. The lowest BCUT2D eigenvalue weighted by Gasteiger charge is -2.38. The van der Waals surface area contributed by atoms with Gasteiger partial charge in [0.25, 0.3) is 0 Å². The number of thiazole rings is 1. The highest BCUT2D eigenvalue weighted by atomic mass is 32.1. The average Bonchev–Trinajstić information content (AvgIpc) is 2.72. The molecular formula is C13H23N3S. The summed E-state index contributed by atoms with van der Waals surface area (Å²) in [6.45, 7) is 6.59. The maximum atomic E-state index is 6.08. The van der Waals surface area contributed by atoms with Crippen LogP contribution in [0, 0.1) is 6.92 Å². The molecule has 0 bridgehead atoms. The molecule has 0 saturated carbocycles. The molecular weight excluding hydrogens is 230 g/mol. The van der Waals surface area contributed by atoms with Crippen LogP contribution in [-0.4, -0.2) is 35.1 Å². The summed E-state index contributed by atoms with van der Waals surface area (Å²) in [5, 5.41) is 0. The second-order valence-corrected chi connectivity index (χ2v) is 6.01. The van der Waals surface area contributed by atoms with E-state index < -0.39 is 0 Å². The highest BCUT2D eigenvalue weighted by Gasteiger charge is 2.25. The Labute approximate surface area is 108 Å². The third-order valence-corrected chi connectivity index (χ3v) is 4.74. The van der Waals surface area contributed by atoms with Crippen LogP contribution in [0.4, 0.5) is 0 Å². The number of aromatic nitrogens is 1. The van der Waals surface area contributed by atoms with Crippen LogP contribution in [0.5, 0.6) is 0 Å². The van der Waals surface area contributed by atoms with Crippen molar-refractivity contribution in [1.29, 1.82) is 0 Å². The lowest BCUT2D eigenvalue weighted by Crippen LogP contribution is -2.49. The van der Waals surface area contributed by atoms with Gasteiger partial charge in [-0.05, 0) is 39.7 Å². The molecule has 2 rings (SSSR count). The quantitative estimate of drug-likeness (QED) is 0.894. The van der Waals surface area contributed by atoms with Crippen molar-refractivity contribution < 1.29 is 0 Å². The maximum absolute atomic E-state index is 6.08. The van der Waals surface area contributed by atoms with Crippen LogP contribution in [0.2, 0.25) is 0 Å². The maximum Gasteiger partial charge on any atom is 0.0797 e. The smallest absolute Gasteiger partial charge is 0.0797 e. The summed E-state index contributed by atoms with van der Waals surface area (Å²) in [4.78, 5) is 8.32. The average molecular weight is 253 g/mol. The first-order chi connectivity index (χ1) is 8.18. The van der Waals surface area contributed by atoms with E-state index >= 15 is 0 Å². The molecule has 2 unspecified atom stereocenters. The van der Waals surface area contributed by atoms with E-state index in [2.05, 4.69) is 23.7 Å². The number of rotatable bonds is 4. The first-order valence-electron chi connectivity index (χ1n) is 6.57. The molecule has 2 atom stereocenters. The van der Waals surface area contributed by atoms with Gasteiger partial charge in [0.2, 0.25) is 0 Å². The number of hydrogen-bond donors (Lipinski definition) is 1. The molecule has 4 heteroatoms. The predicted octanol–water partition coefficient (Wildman–Crippen LogP) is 2.20. The molecule has 96 valence electrons. The molecule has 1 aliphatic rings. The molecule has 2 heterocycles. The van der Waals surface area contributed by atoms with Gasteiger partial charge in [-0.1, -0.05) is 6.42 Å². The number of nitrogens with two attached hydrogens (primary N) is 1. The summed E-state index contributed by atoms with van der Waals surface area (Å²) in [5.74, 6) is 0. The van der Waals surface area contributed by atoms with Crippen LogP contribution in [0.1, 0.15) is 36.8 Å². The molecule has 0 spiro atoms. The Morgan fingerprint density at radius 3 is 3.06 bits per heavy atom. The molecule has 1 aromatic heterocycles. The molecule has 1 aliphatic heterocycles. The van der Waals surface area contributed by atoms with Crippen LogP contribution < -0.4 is 5.73 Å². The van der Waals surface area contributed by atoms with E-state index in [0.29, 0.717) is 6.04 Å². The SMILES string of the molecule is Cc1ncsc1CCN1CCCCC1C(C)N. The minimum Gasteiger partial charge on any atom is -0.327 e. The Hall–Kier alpha value is -0.450. The van der Waals surface area contributed by atoms with Crippen molar-refractivity contribution in [2.45, 2.75) is 51.6 Å². The van der Waals surface area contributed by atoms with Crippen LogP contribution in [0.15, 0.2) is 5.51 Å². The summed E-state index contributed by atoms with van der Waals surface area (Å²) in [6, 6.07) is 0.870. The van der Waals surface area contributed by atoms with Gasteiger partial charge in [-0.3, -0.25) is 4.90 Å². The number of hydrogen-bond acceptors (Lipinski definition) is 4. The van der Waals surface area contributed by atoms with E-state index in [4.69, 9.17) is 5.73 Å². The van der Waals surface area contributed by atoms with Crippen LogP contribution in [0.3, 0.4) is 0 Å². The Kier molecular flexibility index (Phi) is 4.54. The third-order valence-electron chi connectivity index (χ3n) is 3.74. The summed E-state index contributed by atoms with van der Waals surface area (Å²) in [5.41, 5.74) is 9.23. The van der Waals surface area contributed by atoms with Crippen molar-refractivity contribution in [2.75, 3.05) is 13.1 Å². The molecule has 0 aliphatic carbocycles. The topological polar surface area (TPSA) is 42.2 Å². The van der Waals surface area contributed by atoms with Gasteiger partial charge in [-0.2, -0.15) is 0 Å². The second-order valence-electron chi connectivity index (χ2n) is 5.07. The van der Waals surface area contributed by atoms with E-state index in [0.717, 1.165) is 13.0 Å². The van der Waals surface area contributed by atoms with E-state index in [-0.39, 0.29) is 6.04 Å². The Balaban J connectivity index is 1.90. The molecule has 0 radical (unpaired) electrons. The third kappa shape index (κ3) is 3.27. The van der Waals surface area contributed by atoms with Crippen molar-refractivity contribution in [1.82, 2.24) is 9.88 Å². The lowest BCUT2D eigenvalue weighted by atomic mass is 9.97. The summed E-state index contributed by atoms with van der Waals surface area (Å²) in [6.07, 6.45) is 5.05. The molecule has 3 nitrogen and oxygen atoms in total. The predicted molar refractivity (Wildman–Crippen MR) is 73.4 cm³/mol. The Morgan fingerprint density at radius 2 is 2.41 bits per heavy atom. The molecule has 1 aromatic rings. The Morgan fingerprint density at radius 1 is 1.59 bits per heavy atom. The van der Waals surface area contributed by atoms with Crippen LogP contribution in [0.25, 0.3) is 0 Å². The van der Waals surface area contributed by atoms with Crippen molar-refractivity contribution in [3.05, 3.63) is 16.1 Å². The fourth-order valence-electron chi connectivity index (χ4n) is 2.70. The summed E-state index contributed by atoms with van der Waals surface area (Å²) >= 11 is 1.78. The zero-order valence-corrected chi connectivity index (χ0v) is 11.7. The van der Waals surface area contributed by atoms with Gasteiger partial charge in [-0.15, -0.1) is 11.3 Å². The van der Waals surface area contributed by atoms with Crippen molar-refractivity contribution in [3.8, 4) is 0 Å². The van der Waals surface area contributed by atoms with Gasteiger partial charge in [0.1, 0.15) is 0 Å². The van der Waals surface area contributed by atoms with Crippen LogP contribution in [-0.2, 0) is 6.42 Å². The lowest BCUT2D eigenvalue weighted by molar-refractivity contribution is 0.132. The standard InChI is InChI=1S/C13H23N3S/c1-10(14)12-5-3-4-7-16(12)8-6-13-11(2)15-9-17-13/h9-10,12H,3-8,14H2,1-2H3. The van der Waals surface area contributed by atoms with Gasteiger partial charge >= 0.3 is 0 Å². The Bertz CT molecular complexity index is 348. The van der Waals surface area contributed by atoms with Gasteiger partial charge in [-0.25, -0.2) is 4.98 Å². The summed E-state index contributed by atoms with van der Waals surface area (Å²) < 4.78 is 0. The molecule has 17 heavy (non-hydrogen) atoms. The van der Waals surface area contributed by atoms with Crippen molar-refractivity contribution >= 4 is 11.3 Å². The zero-order valence-electron chi connectivity index (χ0n) is 10.9. The van der Waals surface area contributed by atoms with Crippen molar-refractivity contribution in [3.63, 3.8) is 0 Å². The van der Waals surface area contributed by atoms with Crippen molar-refractivity contribution in [2.24, 2.45) is 5.73 Å². The second kappa shape index (κ2) is 5.94. The van der Waals surface area contributed by atoms with E-state index in [1.807, 2.05) is 5.51 Å². The highest BCUT2D eigenvalue weighted by molar-refractivity contribution is 7.09. The first-order valence-corrected chi connectivity index (χ1v) is 7.45. The molecule has 2 N–H and O–H groups in total. The summed E-state index contributed by atoms with van der Waals surface area (Å²) in [7, 11) is 0. The number of nitrogens with zero attached hydrogens (tertiary/aromatic N) is 2. The van der Waals surface area contributed by atoms with Gasteiger partial charge in [0.15, 0.2) is 0 Å². The largest absolute Gasteiger partial charge is 0.327 e.